The Hall–Kier alpha value is -1.68. The molecule has 28 heavy (non-hydrogen) atoms. The highest BCUT2D eigenvalue weighted by atomic mass is 16.5. The number of aromatic amines is 1. The molecule has 7 atom stereocenters. The van der Waals surface area contributed by atoms with E-state index < -0.39 is 0 Å². The lowest BCUT2D eigenvalue weighted by Gasteiger charge is -2.45. The largest absolute Gasteiger partial charge is 0.376 e. The molecule has 2 bridgehead atoms. The SMILES string of the molecule is C[C@H]1CCCOC2CCNC3NC(=O)N(C4CCC(c5ncc[nH]5)C(N4)O1)C32. The molecule has 4 N–H and O–H groups in total. The van der Waals surface area contributed by atoms with Gasteiger partial charge < -0.3 is 24.7 Å². The zero-order chi connectivity index (χ0) is 19.1. The summed E-state index contributed by atoms with van der Waals surface area (Å²) in [6, 6.07) is -0.0350. The highest BCUT2D eigenvalue weighted by Gasteiger charge is 2.51. The summed E-state index contributed by atoms with van der Waals surface area (Å²) in [5.74, 6) is 1.09. The predicted octanol–water partition coefficient (Wildman–Crippen LogP) is 0.826. The van der Waals surface area contributed by atoms with E-state index in [1.54, 1.807) is 6.20 Å². The van der Waals surface area contributed by atoms with Gasteiger partial charge in [-0.3, -0.25) is 10.6 Å². The number of H-pyrrole nitrogens is 1. The first kappa shape index (κ1) is 18.4. The average Bonchev–Trinajstić information content (AvgIpc) is 3.32. The van der Waals surface area contributed by atoms with Crippen LogP contribution in [-0.4, -0.2) is 70.9 Å². The van der Waals surface area contributed by atoms with Crippen LogP contribution in [0.1, 0.15) is 50.8 Å². The second-order valence-corrected chi connectivity index (χ2v) is 8.33. The fourth-order valence-electron chi connectivity index (χ4n) is 5.15. The Morgan fingerprint density at radius 1 is 1.25 bits per heavy atom. The fraction of sp³-hybridized carbons (Fsp3) is 0.789. The lowest BCUT2D eigenvalue weighted by atomic mass is 9.92. The van der Waals surface area contributed by atoms with Crippen LogP contribution in [-0.2, 0) is 9.47 Å². The molecule has 5 heterocycles. The number of aromatic nitrogens is 2. The predicted molar refractivity (Wildman–Crippen MR) is 101 cm³/mol. The van der Waals surface area contributed by atoms with Gasteiger partial charge in [-0.05, 0) is 45.6 Å². The summed E-state index contributed by atoms with van der Waals surface area (Å²) in [4.78, 5) is 22.5. The van der Waals surface area contributed by atoms with Crippen molar-refractivity contribution in [1.82, 2.24) is 30.8 Å². The zero-order valence-corrected chi connectivity index (χ0v) is 16.3. The summed E-state index contributed by atoms with van der Waals surface area (Å²) >= 11 is 0. The molecule has 4 fully saturated rings. The Kier molecular flexibility index (Phi) is 5.00. The van der Waals surface area contributed by atoms with Crippen molar-refractivity contribution < 1.29 is 14.3 Å². The Morgan fingerprint density at radius 3 is 3.04 bits per heavy atom. The lowest BCUT2D eigenvalue weighted by Crippen LogP contribution is -2.64. The smallest absolute Gasteiger partial charge is 0.320 e. The highest BCUT2D eigenvalue weighted by Crippen LogP contribution is 2.34. The van der Waals surface area contributed by atoms with Gasteiger partial charge in [0.1, 0.15) is 18.2 Å². The molecule has 5 rings (SSSR count). The molecule has 0 aliphatic carbocycles. The molecule has 0 aromatic carbocycles. The third-order valence-electron chi connectivity index (χ3n) is 6.50. The molecule has 4 saturated heterocycles. The molecule has 6 unspecified atom stereocenters. The molecule has 1 aromatic heterocycles. The first-order valence-electron chi connectivity index (χ1n) is 10.6. The first-order valence-corrected chi connectivity index (χ1v) is 10.6. The van der Waals surface area contributed by atoms with Crippen molar-refractivity contribution in [2.75, 3.05) is 13.2 Å². The van der Waals surface area contributed by atoms with Gasteiger partial charge >= 0.3 is 6.03 Å². The van der Waals surface area contributed by atoms with Gasteiger partial charge in [-0.2, -0.15) is 0 Å². The van der Waals surface area contributed by atoms with E-state index in [2.05, 4.69) is 32.8 Å². The van der Waals surface area contributed by atoms with Crippen LogP contribution in [0, 0.1) is 0 Å². The number of fused-ring (bicyclic) bond motifs is 3. The second-order valence-electron chi connectivity index (χ2n) is 8.33. The van der Waals surface area contributed by atoms with Gasteiger partial charge in [-0.25, -0.2) is 9.78 Å². The lowest BCUT2D eigenvalue weighted by molar-refractivity contribution is -0.0991. The number of carbonyl (C=O) groups excluding carboxylic acids is 1. The fourth-order valence-corrected chi connectivity index (χ4v) is 5.15. The Morgan fingerprint density at radius 2 is 2.18 bits per heavy atom. The molecular formula is C19H30N6O3. The van der Waals surface area contributed by atoms with Crippen LogP contribution in [0.2, 0.25) is 0 Å². The summed E-state index contributed by atoms with van der Waals surface area (Å²) < 4.78 is 12.6. The summed E-state index contributed by atoms with van der Waals surface area (Å²) in [6.45, 7) is 3.68. The van der Waals surface area contributed by atoms with E-state index in [1.807, 2.05) is 11.1 Å². The number of hydrogen-bond donors (Lipinski definition) is 4. The molecule has 4 aliphatic rings. The van der Waals surface area contributed by atoms with Crippen LogP contribution >= 0.6 is 0 Å². The van der Waals surface area contributed by atoms with Gasteiger partial charge in [0.25, 0.3) is 0 Å². The number of rotatable bonds is 1. The van der Waals surface area contributed by atoms with E-state index >= 15 is 0 Å². The number of hydrogen-bond acceptors (Lipinski definition) is 6. The third kappa shape index (κ3) is 3.30. The van der Waals surface area contributed by atoms with E-state index in [4.69, 9.17) is 9.47 Å². The maximum absolute atomic E-state index is 12.9. The zero-order valence-electron chi connectivity index (χ0n) is 16.3. The van der Waals surface area contributed by atoms with Gasteiger partial charge in [0.05, 0.1) is 30.3 Å². The van der Waals surface area contributed by atoms with Crippen molar-refractivity contribution in [2.45, 2.75) is 81.8 Å². The normalized spacial score (nSPS) is 41.5. The molecule has 1 aromatic rings. The van der Waals surface area contributed by atoms with Gasteiger partial charge in [-0.1, -0.05) is 0 Å². The van der Waals surface area contributed by atoms with Crippen molar-refractivity contribution in [3.05, 3.63) is 18.2 Å². The minimum atomic E-state index is -0.179. The Bertz CT molecular complexity index is 685. The van der Waals surface area contributed by atoms with E-state index in [1.165, 1.54) is 0 Å². The number of ether oxygens (including phenoxy) is 2. The monoisotopic (exact) mass is 390 g/mol. The third-order valence-corrected chi connectivity index (χ3v) is 6.50. The van der Waals surface area contributed by atoms with Crippen molar-refractivity contribution in [1.29, 1.82) is 0 Å². The van der Waals surface area contributed by atoms with Crippen LogP contribution < -0.4 is 16.0 Å². The summed E-state index contributed by atoms with van der Waals surface area (Å²) in [5.41, 5.74) is 0. The van der Waals surface area contributed by atoms with Gasteiger partial charge in [0.15, 0.2) is 0 Å². The average molecular weight is 390 g/mol. The molecule has 4 aliphatic heterocycles. The summed E-state index contributed by atoms with van der Waals surface area (Å²) in [5, 5.41) is 10.2. The van der Waals surface area contributed by atoms with Crippen molar-refractivity contribution in [3.63, 3.8) is 0 Å². The van der Waals surface area contributed by atoms with E-state index in [9.17, 15) is 4.79 Å². The maximum atomic E-state index is 12.9. The minimum Gasteiger partial charge on any atom is -0.376 e. The number of imidazole rings is 1. The number of urea groups is 1. The Balaban J connectivity index is 1.44. The molecular weight excluding hydrogens is 360 g/mol. The van der Waals surface area contributed by atoms with Crippen LogP contribution in [0.25, 0.3) is 0 Å². The molecule has 9 nitrogen and oxygen atoms in total. The molecule has 154 valence electrons. The summed E-state index contributed by atoms with van der Waals surface area (Å²) in [7, 11) is 0. The maximum Gasteiger partial charge on any atom is 0.320 e. The molecule has 0 saturated carbocycles. The Labute approximate surface area is 164 Å². The van der Waals surface area contributed by atoms with Crippen LogP contribution in [0.3, 0.4) is 0 Å². The standard InChI is InChI=1S/C19H30N6O3/c1-11-3-2-10-27-13-6-7-20-17-15(13)25(19(26)24-17)14-5-4-12(18(23-14)28-11)16-21-8-9-22-16/h8-9,11-15,17-18,20,23H,2-7,10H2,1H3,(H,21,22)(H,24,26)/t11-,12?,13?,14?,15?,17?,18?/m0/s1. The van der Waals surface area contributed by atoms with Crippen LogP contribution in [0.5, 0.6) is 0 Å². The quantitative estimate of drug-likeness (QED) is 0.566. The number of piperidine rings is 2. The van der Waals surface area contributed by atoms with E-state index in [0.29, 0.717) is 6.61 Å². The molecule has 0 spiro atoms. The number of amides is 2. The molecule has 2 amide bonds. The van der Waals surface area contributed by atoms with Gasteiger partial charge in [-0.15, -0.1) is 0 Å². The van der Waals surface area contributed by atoms with E-state index in [0.717, 1.165) is 44.5 Å². The van der Waals surface area contributed by atoms with Crippen molar-refractivity contribution in [2.24, 2.45) is 0 Å². The number of carbonyl (C=O) groups is 1. The van der Waals surface area contributed by atoms with E-state index in [-0.39, 0.29) is 48.8 Å². The van der Waals surface area contributed by atoms with Crippen molar-refractivity contribution in [3.8, 4) is 0 Å². The highest BCUT2D eigenvalue weighted by molar-refractivity contribution is 5.78. The first-order chi connectivity index (χ1) is 13.7. The van der Waals surface area contributed by atoms with Crippen LogP contribution in [0.4, 0.5) is 4.79 Å². The van der Waals surface area contributed by atoms with Gasteiger partial charge in [0, 0.05) is 19.0 Å². The summed E-state index contributed by atoms with van der Waals surface area (Å²) in [6.07, 6.45) is 8.07. The van der Waals surface area contributed by atoms with Gasteiger partial charge in [0.2, 0.25) is 0 Å². The number of nitrogens with zero attached hydrogens (tertiary/aromatic N) is 2. The topological polar surface area (TPSA) is 104 Å². The molecule has 9 heteroatoms. The van der Waals surface area contributed by atoms with Crippen LogP contribution in [0.15, 0.2) is 12.4 Å². The second kappa shape index (κ2) is 7.62. The minimum absolute atomic E-state index is 0.00332. The van der Waals surface area contributed by atoms with Crippen molar-refractivity contribution >= 4 is 6.03 Å². The number of nitrogens with one attached hydrogen (secondary N) is 4. The molecule has 0 radical (unpaired) electrons.